The van der Waals surface area contributed by atoms with Crippen molar-refractivity contribution in [3.63, 3.8) is 0 Å². The van der Waals surface area contributed by atoms with Crippen LogP contribution in [0.3, 0.4) is 0 Å². The number of esters is 1. The molecule has 0 unspecified atom stereocenters. The molecule has 3 N–H and O–H groups in total. The minimum Gasteiger partial charge on any atom is -0.462 e. The second-order valence-electron chi connectivity index (χ2n) is 4.27. The zero-order chi connectivity index (χ0) is 15.1. The molecule has 1 aromatic carbocycles. The summed E-state index contributed by atoms with van der Waals surface area (Å²) in [7, 11) is 1.71. The number of nitrogens with two attached hydrogens (primary N) is 1. The van der Waals surface area contributed by atoms with E-state index in [-0.39, 0.29) is 19.1 Å². The van der Waals surface area contributed by atoms with Gasteiger partial charge in [-0.15, -0.1) is 0 Å². The number of carbonyl (C=O) groups is 2. The van der Waals surface area contributed by atoms with Gasteiger partial charge < -0.3 is 20.7 Å². The Bertz CT molecular complexity index is 489. The zero-order valence-corrected chi connectivity index (χ0v) is 12.1. The molecule has 0 spiro atoms. The predicted molar refractivity (Wildman–Crippen MR) is 78.8 cm³/mol. The highest BCUT2D eigenvalue weighted by molar-refractivity contribution is 6.00. The van der Waals surface area contributed by atoms with Gasteiger partial charge in [-0.05, 0) is 26.0 Å². The second-order valence-corrected chi connectivity index (χ2v) is 4.27. The van der Waals surface area contributed by atoms with E-state index in [1.54, 1.807) is 37.1 Å². The van der Waals surface area contributed by atoms with Crippen molar-refractivity contribution < 1.29 is 14.3 Å². The number of para-hydroxylation sites is 1. The average molecular weight is 279 g/mol. The van der Waals surface area contributed by atoms with Gasteiger partial charge >= 0.3 is 5.97 Å². The Hall–Kier alpha value is -2.24. The molecule has 6 heteroatoms. The maximum absolute atomic E-state index is 11.9. The lowest BCUT2D eigenvalue weighted by Crippen LogP contribution is -2.36. The first kappa shape index (κ1) is 15.8. The van der Waals surface area contributed by atoms with Crippen molar-refractivity contribution in [3.8, 4) is 0 Å². The fourth-order valence-electron chi connectivity index (χ4n) is 1.91. The van der Waals surface area contributed by atoms with Crippen molar-refractivity contribution in [1.82, 2.24) is 5.32 Å². The average Bonchev–Trinajstić information content (AvgIpc) is 2.38. The Kier molecular flexibility index (Phi) is 5.83. The third-order valence-electron chi connectivity index (χ3n) is 2.70. The Morgan fingerprint density at radius 1 is 1.35 bits per heavy atom. The molecule has 0 saturated carbocycles. The van der Waals surface area contributed by atoms with Crippen molar-refractivity contribution >= 4 is 23.3 Å². The number of nitrogen functional groups attached to an aromatic ring is 1. The van der Waals surface area contributed by atoms with E-state index in [0.717, 1.165) is 0 Å². The molecule has 20 heavy (non-hydrogen) atoms. The van der Waals surface area contributed by atoms with Crippen molar-refractivity contribution in [3.05, 3.63) is 23.8 Å². The Labute approximate surface area is 118 Å². The number of anilines is 2. The summed E-state index contributed by atoms with van der Waals surface area (Å²) in [5.41, 5.74) is 7.23. The van der Waals surface area contributed by atoms with Gasteiger partial charge in [0.05, 0.1) is 30.1 Å². The maximum Gasteiger partial charge on any atom is 0.340 e. The van der Waals surface area contributed by atoms with Gasteiger partial charge in [-0.1, -0.05) is 6.07 Å². The first-order valence-corrected chi connectivity index (χ1v) is 6.54. The number of likely N-dealkylation sites (N-methyl/N-ethyl adjacent to an activating group) is 2. The molecule has 0 fully saturated rings. The molecule has 0 aliphatic heterocycles. The first-order valence-electron chi connectivity index (χ1n) is 6.54. The molecule has 0 aliphatic carbocycles. The molecule has 0 atom stereocenters. The molecule has 6 nitrogen and oxygen atoms in total. The Morgan fingerprint density at radius 3 is 2.65 bits per heavy atom. The van der Waals surface area contributed by atoms with E-state index in [1.165, 1.54) is 0 Å². The molecule has 110 valence electrons. The summed E-state index contributed by atoms with van der Waals surface area (Å²) in [4.78, 5) is 25.2. The summed E-state index contributed by atoms with van der Waals surface area (Å²) in [6, 6.07) is 5.01. The van der Waals surface area contributed by atoms with E-state index in [9.17, 15) is 9.59 Å². The quantitative estimate of drug-likeness (QED) is 0.600. The van der Waals surface area contributed by atoms with E-state index in [4.69, 9.17) is 10.5 Å². The minimum atomic E-state index is -0.447. The standard InChI is InChI=1S/C14H21N3O3/c1-4-16-12(18)9-17(3)13-10(14(19)20-5-2)7-6-8-11(13)15/h6-8H,4-5,9,15H2,1-3H3,(H,16,18). The largest absolute Gasteiger partial charge is 0.462 e. The van der Waals surface area contributed by atoms with Gasteiger partial charge in [0.15, 0.2) is 0 Å². The van der Waals surface area contributed by atoms with Gasteiger partial charge in [-0.3, -0.25) is 4.79 Å². The number of nitrogens with one attached hydrogen (secondary N) is 1. The molecule has 0 aliphatic rings. The molecular weight excluding hydrogens is 258 g/mol. The lowest BCUT2D eigenvalue weighted by Gasteiger charge is -2.22. The van der Waals surface area contributed by atoms with Crippen molar-refractivity contribution in [1.29, 1.82) is 0 Å². The number of benzene rings is 1. The summed E-state index contributed by atoms with van der Waals surface area (Å²) in [5.74, 6) is -0.578. The van der Waals surface area contributed by atoms with E-state index in [1.807, 2.05) is 6.92 Å². The smallest absolute Gasteiger partial charge is 0.340 e. The summed E-state index contributed by atoms with van der Waals surface area (Å²) in [6.07, 6.45) is 0. The maximum atomic E-state index is 11.9. The van der Waals surface area contributed by atoms with Crippen LogP contribution in [0.1, 0.15) is 24.2 Å². The third kappa shape index (κ3) is 3.88. The minimum absolute atomic E-state index is 0.120. The summed E-state index contributed by atoms with van der Waals surface area (Å²) < 4.78 is 5.00. The van der Waals surface area contributed by atoms with Crippen LogP contribution in [0.25, 0.3) is 0 Å². The van der Waals surface area contributed by atoms with Crippen molar-refractivity contribution in [2.75, 3.05) is 37.4 Å². The summed E-state index contributed by atoms with van der Waals surface area (Å²) in [6.45, 7) is 4.55. The molecule has 1 amide bonds. The van der Waals surface area contributed by atoms with Crippen LogP contribution in [0, 0.1) is 0 Å². The first-order chi connectivity index (χ1) is 9.51. The molecule has 0 radical (unpaired) electrons. The van der Waals surface area contributed by atoms with Crippen LogP contribution in [-0.4, -0.2) is 38.6 Å². The van der Waals surface area contributed by atoms with Gasteiger partial charge in [-0.25, -0.2) is 4.79 Å². The predicted octanol–water partition coefficient (Wildman–Crippen LogP) is 1.02. The number of hydrogen-bond donors (Lipinski definition) is 2. The van der Waals surface area contributed by atoms with Crippen LogP contribution in [0.15, 0.2) is 18.2 Å². The molecule has 0 bridgehead atoms. The molecule has 0 aromatic heterocycles. The third-order valence-corrected chi connectivity index (χ3v) is 2.70. The van der Waals surface area contributed by atoms with Gasteiger partial charge in [0, 0.05) is 13.6 Å². The number of ether oxygens (including phenoxy) is 1. The van der Waals surface area contributed by atoms with Crippen LogP contribution in [-0.2, 0) is 9.53 Å². The van der Waals surface area contributed by atoms with Crippen molar-refractivity contribution in [2.24, 2.45) is 0 Å². The Balaban J connectivity index is 3.03. The van der Waals surface area contributed by atoms with Crippen LogP contribution in [0.5, 0.6) is 0 Å². The number of carbonyl (C=O) groups excluding carboxylic acids is 2. The van der Waals surface area contributed by atoms with Crippen molar-refractivity contribution in [2.45, 2.75) is 13.8 Å². The zero-order valence-electron chi connectivity index (χ0n) is 12.1. The summed E-state index contributed by atoms with van der Waals surface area (Å²) in [5, 5.41) is 2.70. The van der Waals surface area contributed by atoms with E-state index in [2.05, 4.69) is 5.32 Å². The van der Waals surface area contributed by atoms with Gasteiger partial charge in [-0.2, -0.15) is 0 Å². The van der Waals surface area contributed by atoms with Crippen LogP contribution in [0.4, 0.5) is 11.4 Å². The Morgan fingerprint density at radius 2 is 2.05 bits per heavy atom. The van der Waals surface area contributed by atoms with Crippen LogP contribution < -0.4 is 16.0 Å². The molecule has 1 aromatic rings. The number of hydrogen-bond acceptors (Lipinski definition) is 5. The number of amides is 1. The number of nitrogens with zero attached hydrogens (tertiary/aromatic N) is 1. The topological polar surface area (TPSA) is 84.7 Å². The van der Waals surface area contributed by atoms with E-state index < -0.39 is 5.97 Å². The van der Waals surface area contributed by atoms with Gasteiger partial charge in [0.2, 0.25) is 5.91 Å². The number of rotatable bonds is 6. The molecule has 0 heterocycles. The molecule has 1 rings (SSSR count). The van der Waals surface area contributed by atoms with Gasteiger partial charge in [0.1, 0.15) is 0 Å². The van der Waals surface area contributed by atoms with Gasteiger partial charge in [0.25, 0.3) is 0 Å². The van der Waals surface area contributed by atoms with E-state index >= 15 is 0 Å². The highest BCUT2D eigenvalue weighted by Crippen LogP contribution is 2.27. The SMILES string of the molecule is CCNC(=O)CN(C)c1c(N)cccc1C(=O)OCC. The highest BCUT2D eigenvalue weighted by Gasteiger charge is 2.19. The summed E-state index contributed by atoms with van der Waals surface area (Å²) >= 11 is 0. The lowest BCUT2D eigenvalue weighted by molar-refractivity contribution is -0.119. The van der Waals surface area contributed by atoms with E-state index in [0.29, 0.717) is 23.5 Å². The molecule has 0 saturated heterocycles. The van der Waals surface area contributed by atoms with Crippen LogP contribution >= 0.6 is 0 Å². The lowest BCUT2D eigenvalue weighted by atomic mass is 10.1. The normalized spacial score (nSPS) is 9.95. The fraction of sp³-hybridized carbons (Fsp3) is 0.429. The highest BCUT2D eigenvalue weighted by atomic mass is 16.5. The monoisotopic (exact) mass is 279 g/mol. The fourth-order valence-corrected chi connectivity index (χ4v) is 1.91. The second kappa shape index (κ2) is 7.37. The van der Waals surface area contributed by atoms with Crippen LogP contribution in [0.2, 0.25) is 0 Å². The molecular formula is C14H21N3O3.